The summed E-state index contributed by atoms with van der Waals surface area (Å²) in [6.45, 7) is 0. The van der Waals surface area contributed by atoms with Crippen LogP contribution < -0.4 is 4.74 Å². The predicted octanol–water partition coefficient (Wildman–Crippen LogP) is 3.77. The lowest BCUT2D eigenvalue weighted by molar-refractivity contribution is 0.412. The van der Waals surface area contributed by atoms with Crippen LogP contribution in [0.1, 0.15) is 0 Å². The SMILES string of the molecule is COc1ccc(-c2noc(-c3ccco3)n2)cc1Br. The van der Waals surface area contributed by atoms with E-state index in [4.69, 9.17) is 13.7 Å². The molecule has 19 heavy (non-hydrogen) atoms. The summed E-state index contributed by atoms with van der Waals surface area (Å²) >= 11 is 3.42. The van der Waals surface area contributed by atoms with Gasteiger partial charge in [0.2, 0.25) is 5.82 Å². The summed E-state index contributed by atoms with van der Waals surface area (Å²) in [7, 11) is 1.61. The van der Waals surface area contributed by atoms with Crippen molar-refractivity contribution in [1.82, 2.24) is 10.1 Å². The van der Waals surface area contributed by atoms with E-state index in [-0.39, 0.29) is 0 Å². The maximum absolute atomic E-state index is 5.20. The van der Waals surface area contributed by atoms with E-state index < -0.39 is 0 Å². The van der Waals surface area contributed by atoms with Gasteiger partial charge in [-0.05, 0) is 46.3 Å². The van der Waals surface area contributed by atoms with E-state index in [9.17, 15) is 0 Å². The number of rotatable bonds is 3. The Balaban J connectivity index is 1.97. The van der Waals surface area contributed by atoms with Crippen LogP contribution in [0.4, 0.5) is 0 Å². The summed E-state index contributed by atoms with van der Waals surface area (Å²) in [5.41, 5.74) is 0.828. The molecule has 3 rings (SSSR count). The summed E-state index contributed by atoms with van der Waals surface area (Å²) in [5, 5.41) is 3.93. The standard InChI is InChI=1S/C13H9BrN2O3/c1-17-10-5-4-8(7-9(10)14)12-15-13(19-16-12)11-3-2-6-18-11/h2-7H,1H3. The van der Waals surface area contributed by atoms with Gasteiger partial charge in [0, 0.05) is 5.56 Å². The zero-order valence-corrected chi connectivity index (χ0v) is 11.5. The molecule has 0 saturated carbocycles. The van der Waals surface area contributed by atoms with Crippen molar-refractivity contribution in [1.29, 1.82) is 0 Å². The van der Waals surface area contributed by atoms with Crippen molar-refractivity contribution in [2.75, 3.05) is 7.11 Å². The van der Waals surface area contributed by atoms with Crippen molar-refractivity contribution in [3.8, 4) is 28.8 Å². The fraction of sp³-hybridized carbons (Fsp3) is 0.0769. The third-order valence-electron chi connectivity index (χ3n) is 2.57. The van der Waals surface area contributed by atoms with Gasteiger partial charge in [-0.15, -0.1) is 0 Å². The van der Waals surface area contributed by atoms with Crippen molar-refractivity contribution in [3.05, 3.63) is 41.1 Å². The Hall–Kier alpha value is -2.08. The van der Waals surface area contributed by atoms with Gasteiger partial charge in [0.15, 0.2) is 5.76 Å². The minimum atomic E-state index is 0.354. The second-order valence-electron chi connectivity index (χ2n) is 3.75. The van der Waals surface area contributed by atoms with Crippen LogP contribution in [0.15, 0.2) is 50.0 Å². The molecule has 0 aliphatic heterocycles. The zero-order chi connectivity index (χ0) is 13.2. The Morgan fingerprint density at radius 3 is 2.84 bits per heavy atom. The highest BCUT2D eigenvalue weighted by Crippen LogP contribution is 2.30. The van der Waals surface area contributed by atoms with Gasteiger partial charge < -0.3 is 13.7 Å². The van der Waals surface area contributed by atoms with Crippen LogP contribution >= 0.6 is 15.9 Å². The van der Waals surface area contributed by atoms with Gasteiger partial charge >= 0.3 is 0 Å². The van der Waals surface area contributed by atoms with Crippen molar-refractivity contribution in [2.45, 2.75) is 0 Å². The first-order chi connectivity index (χ1) is 9.28. The summed E-state index contributed by atoms with van der Waals surface area (Å²) in [5.74, 6) is 2.14. The molecule has 0 radical (unpaired) electrons. The van der Waals surface area contributed by atoms with Crippen LogP contribution in [0, 0.1) is 0 Å². The first-order valence-corrected chi connectivity index (χ1v) is 6.29. The topological polar surface area (TPSA) is 61.3 Å². The van der Waals surface area contributed by atoms with E-state index in [2.05, 4.69) is 26.1 Å². The third kappa shape index (κ3) is 2.26. The minimum Gasteiger partial charge on any atom is -0.496 e. The number of aromatic nitrogens is 2. The smallest absolute Gasteiger partial charge is 0.293 e. The first kappa shape index (κ1) is 12.0. The normalized spacial score (nSPS) is 10.6. The largest absolute Gasteiger partial charge is 0.496 e. The molecule has 0 spiro atoms. The Labute approximate surface area is 117 Å². The average molecular weight is 321 g/mol. The molecular formula is C13H9BrN2O3. The number of halogens is 1. The maximum Gasteiger partial charge on any atom is 0.293 e. The number of nitrogens with zero attached hydrogens (tertiary/aromatic N) is 2. The Kier molecular flexibility index (Phi) is 3.08. The van der Waals surface area contributed by atoms with E-state index in [1.165, 1.54) is 0 Å². The number of ether oxygens (including phenoxy) is 1. The van der Waals surface area contributed by atoms with Crippen LogP contribution in [0.3, 0.4) is 0 Å². The van der Waals surface area contributed by atoms with Crippen LogP contribution in [0.2, 0.25) is 0 Å². The molecule has 0 unspecified atom stereocenters. The van der Waals surface area contributed by atoms with Gasteiger partial charge in [-0.3, -0.25) is 0 Å². The predicted molar refractivity (Wildman–Crippen MR) is 71.7 cm³/mol. The lowest BCUT2D eigenvalue weighted by Gasteiger charge is -2.03. The molecule has 0 atom stereocenters. The molecule has 0 aliphatic carbocycles. The van der Waals surface area contributed by atoms with Gasteiger partial charge in [-0.25, -0.2) is 0 Å². The number of furan rings is 1. The number of methoxy groups -OCH3 is 1. The molecule has 2 aromatic heterocycles. The highest BCUT2D eigenvalue weighted by molar-refractivity contribution is 9.10. The average Bonchev–Trinajstić information content (AvgIpc) is 3.09. The molecule has 0 amide bonds. The summed E-state index contributed by atoms with van der Waals surface area (Å²) in [6.07, 6.45) is 1.56. The maximum atomic E-state index is 5.20. The van der Waals surface area contributed by atoms with Gasteiger partial charge in [0.05, 0.1) is 17.8 Å². The molecule has 2 heterocycles. The fourth-order valence-electron chi connectivity index (χ4n) is 1.65. The lowest BCUT2D eigenvalue weighted by Crippen LogP contribution is -1.86. The summed E-state index contributed by atoms with van der Waals surface area (Å²) in [6, 6.07) is 9.10. The van der Waals surface area contributed by atoms with Crippen molar-refractivity contribution >= 4 is 15.9 Å². The quantitative estimate of drug-likeness (QED) is 0.735. The minimum absolute atomic E-state index is 0.354. The van der Waals surface area contributed by atoms with Crippen molar-refractivity contribution < 1.29 is 13.7 Å². The van der Waals surface area contributed by atoms with Crippen LogP contribution in [0.5, 0.6) is 5.75 Å². The molecule has 6 heteroatoms. The second kappa shape index (κ2) is 4.89. The molecule has 3 aromatic rings. The van der Waals surface area contributed by atoms with Crippen LogP contribution in [0.25, 0.3) is 23.0 Å². The molecule has 5 nitrogen and oxygen atoms in total. The van der Waals surface area contributed by atoms with Crippen molar-refractivity contribution in [2.24, 2.45) is 0 Å². The molecule has 1 aromatic carbocycles. The van der Waals surface area contributed by atoms with Gasteiger partial charge in [0.25, 0.3) is 5.89 Å². The van der Waals surface area contributed by atoms with E-state index >= 15 is 0 Å². The highest BCUT2D eigenvalue weighted by Gasteiger charge is 2.13. The number of hydrogen-bond acceptors (Lipinski definition) is 5. The van der Waals surface area contributed by atoms with Gasteiger partial charge in [-0.2, -0.15) is 4.98 Å². The van der Waals surface area contributed by atoms with Gasteiger partial charge in [0.1, 0.15) is 5.75 Å². The Bertz CT molecular complexity index is 692. The molecule has 0 fully saturated rings. The second-order valence-corrected chi connectivity index (χ2v) is 4.60. The number of benzene rings is 1. The highest BCUT2D eigenvalue weighted by atomic mass is 79.9. The van der Waals surface area contributed by atoms with Crippen LogP contribution in [-0.4, -0.2) is 17.3 Å². The summed E-state index contributed by atoms with van der Waals surface area (Å²) < 4.78 is 16.4. The first-order valence-electron chi connectivity index (χ1n) is 5.49. The Morgan fingerprint density at radius 1 is 1.26 bits per heavy atom. The number of hydrogen-bond donors (Lipinski definition) is 0. The Morgan fingerprint density at radius 2 is 2.16 bits per heavy atom. The lowest BCUT2D eigenvalue weighted by atomic mass is 10.2. The molecular weight excluding hydrogens is 312 g/mol. The summed E-state index contributed by atoms with van der Waals surface area (Å²) in [4.78, 5) is 4.29. The van der Waals surface area contributed by atoms with Crippen LogP contribution in [-0.2, 0) is 0 Å². The molecule has 0 N–H and O–H groups in total. The molecule has 96 valence electrons. The monoisotopic (exact) mass is 320 g/mol. The van der Waals surface area contributed by atoms with Gasteiger partial charge in [-0.1, -0.05) is 5.16 Å². The zero-order valence-electron chi connectivity index (χ0n) is 9.96. The molecule has 0 aliphatic rings. The molecule has 0 bridgehead atoms. The molecule has 0 saturated heterocycles. The van der Waals surface area contributed by atoms with E-state index in [1.807, 2.05) is 18.2 Å². The van der Waals surface area contributed by atoms with Crippen molar-refractivity contribution in [3.63, 3.8) is 0 Å². The van der Waals surface area contributed by atoms with E-state index in [1.54, 1.807) is 25.5 Å². The van der Waals surface area contributed by atoms with E-state index in [0.29, 0.717) is 17.5 Å². The van der Waals surface area contributed by atoms with E-state index in [0.717, 1.165) is 15.8 Å². The fourth-order valence-corrected chi connectivity index (χ4v) is 2.19. The third-order valence-corrected chi connectivity index (χ3v) is 3.19.